The van der Waals surface area contributed by atoms with Crippen LogP contribution in [-0.4, -0.2) is 45.2 Å². The van der Waals surface area contributed by atoms with E-state index < -0.39 is 0 Å². The van der Waals surface area contributed by atoms with E-state index in [0.29, 0.717) is 13.2 Å². The van der Waals surface area contributed by atoms with Crippen LogP contribution in [0.2, 0.25) is 0 Å². The van der Waals surface area contributed by atoms with Crippen LogP contribution in [0.15, 0.2) is 17.5 Å². The summed E-state index contributed by atoms with van der Waals surface area (Å²) in [6.07, 6.45) is 2.23. The van der Waals surface area contributed by atoms with E-state index in [-0.39, 0.29) is 29.7 Å². The second-order valence-corrected chi connectivity index (χ2v) is 7.41. The Kier molecular flexibility index (Phi) is 7.20. The predicted octanol–water partition coefficient (Wildman–Crippen LogP) is 1.45. The predicted molar refractivity (Wildman–Crippen MR) is 94.9 cm³/mol. The van der Waals surface area contributed by atoms with E-state index in [1.54, 1.807) is 18.4 Å². The van der Waals surface area contributed by atoms with E-state index in [9.17, 15) is 9.59 Å². The third-order valence-corrected chi connectivity index (χ3v) is 5.41. The number of hydrogen-bond acceptors (Lipinski definition) is 5. The fourth-order valence-corrected chi connectivity index (χ4v) is 3.91. The van der Waals surface area contributed by atoms with Gasteiger partial charge in [-0.15, -0.1) is 11.3 Å². The summed E-state index contributed by atoms with van der Waals surface area (Å²) < 4.78 is 5.38. The summed E-state index contributed by atoms with van der Waals surface area (Å²) in [6, 6.07) is 3.60. The summed E-state index contributed by atoms with van der Waals surface area (Å²) in [5, 5.41) is 11.2. The maximum Gasteiger partial charge on any atom is 0.222 e. The molecule has 2 amide bonds. The van der Waals surface area contributed by atoms with Crippen LogP contribution in [-0.2, 0) is 14.3 Å². The number of methoxy groups -OCH3 is 1. The molecule has 0 saturated carbocycles. The average Bonchev–Trinajstić information content (AvgIpc) is 3.08. The Hall–Kier alpha value is -1.44. The van der Waals surface area contributed by atoms with Gasteiger partial charge >= 0.3 is 0 Å². The summed E-state index contributed by atoms with van der Waals surface area (Å²) in [5.41, 5.74) is 0.00208. The number of nitrogens with one attached hydrogen (secondary N) is 3. The second-order valence-electron chi connectivity index (χ2n) is 6.43. The van der Waals surface area contributed by atoms with Crippen molar-refractivity contribution in [3.63, 3.8) is 0 Å². The van der Waals surface area contributed by atoms with Gasteiger partial charge in [0, 0.05) is 30.9 Å². The fraction of sp³-hybridized carbons (Fsp3) is 0.647. The van der Waals surface area contributed by atoms with Crippen LogP contribution in [0.4, 0.5) is 0 Å². The normalized spacial score (nSPS) is 17.9. The lowest BCUT2D eigenvalue weighted by molar-refractivity contribution is -0.123. The standard InChI is InChI=1S/C17H27N3O3S/c1-13(21)20-14(15-4-3-9-24-15)10-16(22)19-11-17(12-23-2)5-7-18-8-6-17/h3-4,9,14,18H,5-8,10-12H2,1-2H3,(H,19,22)(H,20,21). The van der Waals surface area contributed by atoms with Crippen molar-refractivity contribution in [2.75, 3.05) is 33.4 Å². The number of carbonyl (C=O) groups excluding carboxylic acids is 2. The van der Waals surface area contributed by atoms with Crippen molar-refractivity contribution in [2.45, 2.75) is 32.2 Å². The molecule has 7 heteroatoms. The largest absolute Gasteiger partial charge is 0.384 e. The number of rotatable bonds is 8. The minimum Gasteiger partial charge on any atom is -0.384 e. The van der Waals surface area contributed by atoms with Gasteiger partial charge in [-0.1, -0.05) is 6.07 Å². The van der Waals surface area contributed by atoms with Crippen molar-refractivity contribution in [1.29, 1.82) is 0 Å². The van der Waals surface area contributed by atoms with Gasteiger partial charge in [-0.2, -0.15) is 0 Å². The van der Waals surface area contributed by atoms with E-state index in [4.69, 9.17) is 4.74 Å². The van der Waals surface area contributed by atoms with Gasteiger partial charge < -0.3 is 20.7 Å². The van der Waals surface area contributed by atoms with Gasteiger partial charge in [0.15, 0.2) is 0 Å². The molecule has 3 N–H and O–H groups in total. The molecular weight excluding hydrogens is 326 g/mol. The van der Waals surface area contributed by atoms with Crippen molar-refractivity contribution in [2.24, 2.45) is 5.41 Å². The minimum atomic E-state index is -0.270. The number of hydrogen-bond donors (Lipinski definition) is 3. The van der Waals surface area contributed by atoms with Gasteiger partial charge in [-0.05, 0) is 37.4 Å². The highest BCUT2D eigenvalue weighted by Gasteiger charge is 2.32. The first-order chi connectivity index (χ1) is 11.5. The molecule has 2 heterocycles. The van der Waals surface area contributed by atoms with Gasteiger partial charge in [0.25, 0.3) is 0 Å². The molecule has 1 atom stereocenters. The first-order valence-electron chi connectivity index (χ1n) is 8.31. The van der Waals surface area contributed by atoms with E-state index >= 15 is 0 Å². The van der Waals surface area contributed by atoms with E-state index in [1.807, 2.05) is 17.5 Å². The lowest BCUT2D eigenvalue weighted by Gasteiger charge is -2.37. The molecule has 1 aliphatic heterocycles. The third-order valence-electron chi connectivity index (χ3n) is 4.43. The molecule has 1 fully saturated rings. The molecule has 24 heavy (non-hydrogen) atoms. The smallest absolute Gasteiger partial charge is 0.222 e. The van der Waals surface area contributed by atoms with E-state index in [2.05, 4.69) is 16.0 Å². The van der Waals surface area contributed by atoms with Crippen molar-refractivity contribution >= 4 is 23.2 Å². The minimum absolute atomic E-state index is 0.00208. The average molecular weight is 353 g/mol. The van der Waals surface area contributed by atoms with Crippen LogP contribution in [0.5, 0.6) is 0 Å². The zero-order valence-corrected chi connectivity index (χ0v) is 15.2. The van der Waals surface area contributed by atoms with Gasteiger partial charge in [0.1, 0.15) is 0 Å². The van der Waals surface area contributed by atoms with Crippen molar-refractivity contribution < 1.29 is 14.3 Å². The van der Waals surface area contributed by atoms with Crippen molar-refractivity contribution in [3.8, 4) is 0 Å². The number of thiophene rings is 1. The number of amides is 2. The summed E-state index contributed by atoms with van der Waals surface area (Å²) in [7, 11) is 1.70. The van der Waals surface area contributed by atoms with Crippen molar-refractivity contribution in [1.82, 2.24) is 16.0 Å². The molecule has 0 aliphatic carbocycles. The summed E-state index contributed by atoms with van der Waals surface area (Å²) in [5.74, 6) is -0.174. The first kappa shape index (κ1) is 18.9. The van der Waals surface area contributed by atoms with Crippen LogP contribution >= 0.6 is 11.3 Å². The van der Waals surface area contributed by atoms with Gasteiger partial charge in [-0.3, -0.25) is 9.59 Å². The molecule has 0 spiro atoms. The molecule has 1 aromatic rings. The van der Waals surface area contributed by atoms with Crippen LogP contribution < -0.4 is 16.0 Å². The van der Waals surface area contributed by atoms with Crippen LogP contribution in [0, 0.1) is 5.41 Å². The summed E-state index contributed by atoms with van der Waals surface area (Å²) >= 11 is 1.55. The van der Waals surface area contributed by atoms with Crippen molar-refractivity contribution in [3.05, 3.63) is 22.4 Å². The Balaban J connectivity index is 1.91. The van der Waals surface area contributed by atoms with Crippen LogP contribution in [0.3, 0.4) is 0 Å². The zero-order valence-electron chi connectivity index (χ0n) is 14.4. The van der Waals surface area contributed by atoms with Crippen LogP contribution in [0.25, 0.3) is 0 Å². The maximum absolute atomic E-state index is 12.4. The zero-order chi connectivity index (χ0) is 17.4. The molecule has 1 aliphatic rings. The molecular formula is C17H27N3O3S. The monoisotopic (exact) mass is 353 g/mol. The Morgan fingerprint density at radius 2 is 2.17 bits per heavy atom. The molecule has 0 bridgehead atoms. The Morgan fingerprint density at radius 3 is 2.75 bits per heavy atom. The van der Waals surface area contributed by atoms with E-state index in [1.165, 1.54) is 6.92 Å². The summed E-state index contributed by atoms with van der Waals surface area (Å²) in [4.78, 5) is 24.8. The maximum atomic E-state index is 12.4. The van der Waals surface area contributed by atoms with E-state index in [0.717, 1.165) is 30.8 Å². The molecule has 6 nitrogen and oxygen atoms in total. The lowest BCUT2D eigenvalue weighted by Crippen LogP contribution is -2.47. The Bertz CT molecular complexity index is 522. The number of ether oxygens (including phenoxy) is 1. The van der Waals surface area contributed by atoms with Gasteiger partial charge in [-0.25, -0.2) is 0 Å². The van der Waals surface area contributed by atoms with Gasteiger partial charge in [0.05, 0.1) is 19.1 Å². The van der Waals surface area contributed by atoms with Crippen LogP contribution in [0.1, 0.15) is 37.1 Å². The molecule has 1 saturated heterocycles. The highest BCUT2D eigenvalue weighted by Crippen LogP contribution is 2.28. The molecule has 1 unspecified atom stereocenters. The molecule has 2 rings (SSSR count). The molecule has 134 valence electrons. The quantitative estimate of drug-likeness (QED) is 0.661. The third kappa shape index (κ3) is 5.58. The number of piperidine rings is 1. The highest BCUT2D eigenvalue weighted by molar-refractivity contribution is 7.10. The SMILES string of the molecule is COCC1(CNC(=O)CC(NC(C)=O)c2cccs2)CCNCC1. The molecule has 1 aromatic heterocycles. The number of carbonyl (C=O) groups is 2. The lowest BCUT2D eigenvalue weighted by atomic mass is 9.79. The highest BCUT2D eigenvalue weighted by atomic mass is 32.1. The first-order valence-corrected chi connectivity index (χ1v) is 9.19. The summed E-state index contributed by atoms with van der Waals surface area (Å²) in [6.45, 7) is 4.63. The second kappa shape index (κ2) is 9.15. The molecule has 0 aromatic carbocycles. The molecule has 0 radical (unpaired) electrons. The Labute approximate surface area is 147 Å². The Morgan fingerprint density at radius 1 is 1.42 bits per heavy atom. The fourth-order valence-electron chi connectivity index (χ4n) is 3.14. The topological polar surface area (TPSA) is 79.5 Å². The van der Waals surface area contributed by atoms with Gasteiger partial charge in [0.2, 0.25) is 11.8 Å².